The molecule has 0 heterocycles. The van der Waals surface area contributed by atoms with Crippen LogP contribution in [0, 0.1) is 5.92 Å². The van der Waals surface area contributed by atoms with Gasteiger partial charge in [0, 0.05) is 12.6 Å². The normalized spacial score (nSPS) is 19.9. The van der Waals surface area contributed by atoms with Gasteiger partial charge in [-0.25, -0.2) is 22.0 Å². The Hall–Kier alpha value is -0.960. The Labute approximate surface area is 125 Å². The van der Waals surface area contributed by atoms with Crippen molar-refractivity contribution in [3.05, 3.63) is 24.3 Å². The van der Waals surface area contributed by atoms with Crippen LogP contribution in [0.15, 0.2) is 34.1 Å². The van der Waals surface area contributed by atoms with Crippen LogP contribution < -0.4 is 5.14 Å². The van der Waals surface area contributed by atoms with Gasteiger partial charge in [-0.15, -0.1) is 0 Å². The average Bonchev–Trinajstić information content (AvgIpc) is 3.26. The second-order valence-corrected chi connectivity index (χ2v) is 9.13. The largest absolute Gasteiger partial charge is 0.244 e. The smallest absolute Gasteiger partial charge is 0.225 e. The summed E-state index contributed by atoms with van der Waals surface area (Å²) in [6.45, 7) is 0.478. The number of rotatable bonds is 6. The highest BCUT2D eigenvalue weighted by molar-refractivity contribution is 7.92. The zero-order valence-electron chi connectivity index (χ0n) is 11.5. The van der Waals surface area contributed by atoms with Gasteiger partial charge in [-0.3, -0.25) is 0 Å². The first kappa shape index (κ1) is 15.0. The number of primary sulfonamides is 1. The van der Waals surface area contributed by atoms with E-state index in [2.05, 4.69) is 0 Å². The van der Waals surface area contributed by atoms with Crippen molar-refractivity contribution >= 4 is 20.0 Å². The summed E-state index contributed by atoms with van der Waals surface area (Å²) in [5, 5.41) is 5.15. The minimum atomic E-state index is -4.07. The molecule has 0 radical (unpaired) electrons. The predicted octanol–water partition coefficient (Wildman–Crippen LogP) is 0.897. The fourth-order valence-electron chi connectivity index (χ4n) is 2.39. The lowest BCUT2D eigenvalue weighted by atomic mass is 10.4. The van der Waals surface area contributed by atoms with Crippen molar-refractivity contribution in [2.75, 3.05) is 6.54 Å². The molecule has 0 saturated heterocycles. The van der Waals surface area contributed by atoms with E-state index in [-0.39, 0.29) is 15.8 Å². The highest BCUT2D eigenvalue weighted by atomic mass is 32.2. The van der Waals surface area contributed by atoms with E-state index < -0.39 is 20.0 Å². The lowest BCUT2D eigenvalue weighted by Gasteiger charge is -2.22. The van der Waals surface area contributed by atoms with E-state index in [0.29, 0.717) is 12.5 Å². The van der Waals surface area contributed by atoms with Crippen molar-refractivity contribution in [2.45, 2.75) is 41.5 Å². The summed E-state index contributed by atoms with van der Waals surface area (Å²) in [7, 11) is -7.91. The SMILES string of the molecule is NS(=O)(=O)c1ccccc1S(=O)(=O)N(CC1CC1)C1CC1. The average molecular weight is 330 g/mol. The Morgan fingerprint density at radius 2 is 1.57 bits per heavy atom. The van der Waals surface area contributed by atoms with Crippen LogP contribution in [-0.2, 0) is 20.0 Å². The van der Waals surface area contributed by atoms with Crippen molar-refractivity contribution in [1.29, 1.82) is 0 Å². The zero-order chi connectivity index (χ0) is 15.3. The van der Waals surface area contributed by atoms with Gasteiger partial charge < -0.3 is 0 Å². The molecule has 0 amide bonds. The quantitative estimate of drug-likeness (QED) is 0.838. The minimum Gasteiger partial charge on any atom is -0.225 e. The third-order valence-electron chi connectivity index (χ3n) is 3.83. The predicted molar refractivity (Wildman–Crippen MR) is 77.5 cm³/mol. The molecule has 2 saturated carbocycles. The van der Waals surface area contributed by atoms with Crippen molar-refractivity contribution in [3.63, 3.8) is 0 Å². The molecule has 2 aliphatic carbocycles. The van der Waals surface area contributed by atoms with Crippen LogP contribution in [0.5, 0.6) is 0 Å². The Balaban J connectivity index is 2.04. The number of hydrogen-bond acceptors (Lipinski definition) is 4. The first-order valence-corrected chi connectivity index (χ1v) is 9.92. The Kier molecular flexibility index (Phi) is 3.59. The Morgan fingerprint density at radius 1 is 1.00 bits per heavy atom. The van der Waals surface area contributed by atoms with Gasteiger partial charge in [0.1, 0.15) is 9.79 Å². The van der Waals surface area contributed by atoms with Crippen LogP contribution in [0.4, 0.5) is 0 Å². The molecule has 3 rings (SSSR count). The van der Waals surface area contributed by atoms with Crippen molar-refractivity contribution in [3.8, 4) is 0 Å². The van der Waals surface area contributed by atoms with Crippen molar-refractivity contribution in [2.24, 2.45) is 11.1 Å². The van der Waals surface area contributed by atoms with E-state index in [4.69, 9.17) is 5.14 Å². The van der Waals surface area contributed by atoms with Gasteiger partial charge in [0.2, 0.25) is 20.0 Å². The summed E-state index contributed by atoms with van der Waals surface area (Å²) in [6, 6.07) is 5.55. The Bertz CT molecular complexity index is 750. The lowest BCUT2D eigenvalue weighted by Crippen LogP contribution is -2.36. The monoisotopic (exact) mass is 330 g/mol. The number of nitrogens with zero attached hydrogens (tertiary/aromatic N) is 1. The maximum absolute atomic E-state index is 12.9. The summed E-state index contributed by atoms with van der Waals surface area (Å²) >= 11 is 0. The molecule has 116 valence electrons. The van der Waals surface area contributed by atoms with E-state index in [0.717, 1.165) is 25.7 Å². The molecule has 21 heavy (non-hydrogen) atoms. The van der Waals surface area contributed by atoms with E-state index in [1.165, 1.54) is 28.6 Å². The van der Waals surface area contributed by atoms with Crippen molar-refractivity contribution < 1.29 is 16.8 Å². The van der Waals surface area contributed by atoms with Crippen LogP contribution in [0.2, 0.25) is 0 Å². The van der Waals surface area contributed by atoms with Crippen LogP contribution in [-0.4, -0.2) is 33.7 Å². The summed E-state index contributed by atoms with van der Waals surface area (Å²) < 4.78 is 50.4. The topological polar surface area (TPSA) is 97.5 Å². The maximum atomic E-state index is 12.9. The van der Waals surface area contributed by atoms with Gasteiger partial charge in [-0.2, -0.15) is 4.31 Å². The molecule has 0 atom stereocenters. The molecule has 1 aromatic carbocycles. The van der Waals surface area contributed by atoms with Gasteiger partial charge >= 0.3 is 0 Å². The van der Waals surface area contributed by atoms with E-state index in [9.17, 15) is 16.8 Å². The van der Waals surface area contributed by atoms with Gasteiger partial charge in [-0.1, -0.05) is 12.1 Å². The first-order valence-electron chi connectivity index (χ1n) is 6.94. The fourth-order valence-corrected chi connectivity index (χ4v) is 5.50. The maximum Gasteiger partial charge on any atom is 0.244 e. The molecule has 0 unspecified atom stereocenters. The summed E-state index contributed by atoms with van der Waals surface area (Å²) in [5.74, 6) is 0.405. The number of sulfonamides is 2. The zero-order valence-corrected chi connectivity index (χ0v) is 13.1. The van der Waals surface area contributed by atoms with E-state index in [1.54, 1.807) is 0 Å². The highest BCUT2D eigenvalue weighted by Gasteiger charge is 2.42. The molecular formula is C13H18N2O4S2. The standard InChI is InChI=1S/C13H18N2O4S2/c14-20(16,17)12-3-1-2-4-13(12)21(18,19)15(11-7-8-11)9-10-5-6-10/h1-4,10-11H,5-9H2,(H2,14,16,17). The van der Waals surface area contributed by atoms with Crippen LogP contribution in [0.25, 0.3) is 0 Å². The summed E-state index contributed by atoms with van der Waals surface area (Å²) in [6.07, 6.45) is 3.75. The fraction of sp³-hybridized carbons (Fsp3) is 0.538. The third-order valence-corrected chi connectivity index (χ3v) is 6.91. The third kappa shape index (κ3) is 3.13. The molecule has 8 heteroatoms. The first-order chi connectivity index (χ1) is 9.80. The molecule has 2 aliphatic rings. The minimum absolute atomic E-state index is 0.00383. The number of benzene rings is 1. The molecular weight excluding hydrogens is 312 g/mol. The molecule has 0 spiro atoms. The van der Waals surface area contributed by atoms with Gasteiger partial charge in [0.25, 0.3) is 0 Å². The molecule has 2 N–H and O–H groups in total. The molecule has 1 aromatic rings. The number of hydrogen-bond donors (Lipinski definition) is 1. The summed E-state index contributed by atoms with van der Waals surface area (Å²) in [5.41, 5.74) is 0. The molecule has 0 bridgehead atoms. The molecule has 2 fully saturated rings. The van der Waals surface area contributed by atoms with Gasteiger partial charge in [0.05, 0.1) is 0 Å². The summed E-state index contributed by atoms with van der Waals surface area (Å²) in [4.78, 5) is -0.536. The molecule has 0 aromatic heterocycles. The van der Waals surface area contributed by atoms with E-state index >= 15 is 0 Å². The van der Waals surface area contributed by atoms with E-state index in [1.807, 2.05) is 0 Å². The second kappa shape index (κ2) is 5.05. The molecule has 0 aliphatic heterocycles. The second-order valence-electron chi connectivity index (χ2n) is 5.74. The van der Waals surface area contributed by atoms with Gasteiger partial charge in [0.15, 0.2) is 0 Å². The lowest BCUT2D eigenvalue weighted by molar-refractivity contribution is 0.387. The molecule has 6 nitrogen and oxygen atoms in total. The van der Waals surface area contributed by atoms with Crippen molar-refractivity contribution in [1.82, 2.24) is 4.31 Å². The highest BCUT2D eigenvalue weighted by Crippen LogP contribution is 2.38. The van der Waals surface area contributed by atoms with Crippen LogP contribution in [0.3, 0.4) is 0 Å². The van der Waals surface area contributed by atoms with Gasteiger partial charge in [-0.05, 0) is 43.7 Å². The van der Waals surface area contributed by atoms with Crippen LogP contribution >= 0.6 is 0 Å². The Morgan fingerprint density at radius 3 is 2.05 bits per heavy atom. The number of nitrogens with two attached hydrogens (primary N) is 1. The van der Waals surface area contributed by atoms with Crippen LogP contribution in [0.1, 0.15) is 25.7 Å².